The Morgan fingerprint density at radius 3 is 2.95 bits per heavy atom. The lowest BCUT2D eigenvalue weighted by molar-refractivity contribution is -0.133. The summed E-state index contributed by atoms with van der Waals surface area (Å²) in [6, 6.07) is 7.85. The molecule has 2 rings (SSSR count). The smallest absolute Gasteiger partial charge is 0.230 e. The average molecular weight is 276 g/mol. The minimum atomic E-state index is -0.0802. The van der Waals surface area contributed by atoms with E-state index >= 15 is 0 Å². The topological polar surface area (TPSA) is 55.6 Å². The predicted molar refractivity (Wildman–Crippen MR) is 79.8 cm³/mol. The summed E-state index contributed by atoms with van der Waals surface area (Å²) in [6.07, 6.45) is 2.86. The zero-order chi connectivity index (χ0) is 14.4. The second-order valence-corrected chi connectivity index (χ2v) is 5.20. The molecule has 1 unspecified atom stereocenters. The Morgan fingerprint density at radius 2 is 2.20 bits per heavy atom. The SMILES string of the molecule is CCCCN(CCN)C(=O)C1CCOc2ccccc21. The van der Waals surface area contributed by atoms with Crippen LogP contribution >= 0.6 is 0 Å². The molecule has 4 heteroatoms. The first-order valence-electron chi connectivity index (χ1n) is 7.48. The van der Waals surface area contributed by atoms with Crippen LogP contribution in [0.5, 0.6) is 5.75 Å². The molecule has 0 fully saturated rings. The highest BCUT2D eigenvalue weighted by molar-refractivity contribution is 5.84. The first-order valence-corrected chi connectivity index (χ1v) is 7.48. The standard InChI is InChI=1S/C16H24N2O2/c1-2-3-10-18(11-9-17)16(19)14-8-12-20-15-7-5-4-6-13(14)15/h4-7,14H,2-3,8-12,17H2,1H3. The molecule has 2 N–H and O–H groups in total. The number of para-hydroxylation sites is 1. The number of carbonyl (C=O) groups excluding carboxylic acids is 1. The molecule has 1 aromatic carbocycles. The molecule has 20 heavy (non-hydrogen) atoms. The number of unbranched alkanes of at least 4 members (excludes halogenated alkanes) is 1. The van der Waals surface area contributed by atoms with Crippen LogP contribution in [0, 0.1) is 0 Å². The summed E-state index contributed by atoms with van der Waals surface area (Å²) >= 11 is 0. The maximum absolute atomic E-state index is 12.8. The number of hydrogen-bond donors (Lipinski definition) is 1. The van der Waals surface area contributed by atoms with Crippen molar-refractivity contribution in [1.82, 2.24) is 4.90 Å². The van der Waals surface area contributed by atoms with Gasteiger partial charge in [-0.1, -0.05) is 31.5 Å². The molecule has 110 valence electrons. The van der Waals surface area contributed by atoms with Crippen LogP contribution in [0.3, 0.4) is 0 Å². The van der Waals surface area contributed by atoms with E-state index in [1.165, 1.54) is 0 Å². The van der Waals surface area contributed by atoms with Crippen molar-refractivity contribution in [2.24, 2.45) is 5.73 Å². The van der Waals surface area contributed by atoms with E-state index in [-0.39, 0.29) is 11.8 Å². The molecule has 0 aliphatic carbocycles. The Balaban J connectivity index is 2.15. The largest absolute Gasteiger partial charge is 0.493 e. The average Bonchev–Trinajstić information content (AvgIpc) is 2.50. The number of fused-ring (bicyclic) bond motifs is 1. The number of nitrogens with two attached hydrogens (primary N) is 1. The van der Waals surface area contributed by atoms with Crippen LogP contribution in [0.4, 0.5) is 0 Å². The molecular weight excluding hydrogens is 252 g/mol. The van der Waals surface area contributed by atoms with Crippen molar-refractivity contribution in [1.29, 1.82) is 0 Å². The van der Waals surface area contributed by atoms with E-state index in [1.54, 1.807) is 0 Å². The summed E-state index contributed by atoms with van der Waals surface area (Å²) in [5.41, 5.74) is 6.66. The summed E-state index contributed by atoms with van der Waals surface area (Å²) in [4.78, 5) is 14.7. The molecule has 1 heterocycles. The summed E-state index contributed by atoms with van der Waals surface area (Å²) in [6.45, 7) is 4.69. The van der Waals surface area contributed by atoms with Gasteiger partial charge in [-0.15, -0.1) is 0 Å². The molecule has 0 radical (unpaired) electrons. The third kappa shape index (κ3) is 3.31. The second-order valence-electron chi connectivity index (χ2n) is 5.20. The maximum Gasteiger partial charge on any atom is 0.230 e. The van der Waals surface area contributed by atoms with E-state index in [0.29, 0.717) is 19.7 Å². The first kappa shape index (κ1) is 14.9. The van der Waals surface area contributed by atoms with Crippen molar-refractivity contribution in [3.63, 3.8) is 0 Å². The van der Waals surface area contributed by atoms with Crippen molar-refractivity contribution in [2.45, 2.75) is 32.1 Å². The van der Waals surface area contributed by atoms with Crippen molar-refractivity contribution in [3.05, 3.63) is 29.8 Å². The number of ether oxygens (including phenoxy) is 1. The van der Waals surface area contributed by atoms with Crippen molar-refractivity contribution < 1.29 is 9.53 Å². The fourth-order valence-corrected chi connectivity index (χ4v) is 2.66. The third-order valence-corrected chi connectivity index (χ3v) is 3.75. The van der Waals surface area contributed by atoms with Crippen molar-refractivity contribution >= 4 is 5.91 Å². The molecule has 1 amide bonds. The van der Waals surface area contributed by atoms with Gasteiger partial charge in [0.05, 0.1) is 12.5 Å². The van der Waals surface area contributed by atoms with E-state index in [0.717, 1.165) is 37.1 Å². The molecule has 1 aliphatic rings. The second kappa shape index (κ2) is 7.29. The monoisotopic (exact) mass is 276 g/mol. The Kier molecular flexibility index (Phi) is 5.41. The molecule has 0 spiro atoms. The van der Waals surface area contributed by atoms with Gasteiger partial charge in [0, 0.05) is 25.2 Å². The summed E-state index contributed by atoms with van der Waals surface area (Å²) in [5.74, 6) is 0.961. The van der Waals surface area contributed by atoms with Crippen LogP contribution in [-0.4, -0.2) is 37.0 Å². The number of benzene rings is 1. The highest BCUT2D eigenvalue weighted by atomic mass is 16.5. The Bertz CT molecular complexity index is 448. The van der Waals surface area contributed by atoms with E-state index in [4.69, 9.17) is 10.5 Å². The van der Waals surface area contributed by atoms with Crippen molar-refractivity contribution in [2.75, 3.05) is 26.2 Å². The Labute approximate surface area is 120 Å². The van der Waals surface area contributed by atoms with Crippen LogP contribution in [0.1, 0.15) is 37.7 Å². The molecule has 0 bridgehead atoms. The number of amides is 1. The first-order chi connectivity index (χ1) is 9.77. The molecular formula is C16H24N2O2. The molecule has 0 saturated heterocycles. The third-order valence-electron chi connectivity index (χ3n) is 3.75. The van der Waals surface area contributed by atoms with Crippen LogP contribution in [0.2, 0.25) is 0 Å². The minimum absolute atomic E-state index is 0.0802. The molecule has 0 saturated carbocycles. The highest BCUT2D eigenvalue weighted by Gasteiger charge is 2.30. The summed E-state index contributed by atoms with van der Waals surface area (Å²) in [5, 5.41) is 0. The lowest BCUT2D eigenvalue weighted by Crippen LogP contribution is -2.40. The molecule has 1 atom stereocenters. The van der Waals surface area contributed by atoms with Crippen LogP contribution in [-0.2, 0) is 4.79 Å². The lowest BCUT2D eigenvalue weighted by atomic mass is 9.91. The van der Waals surface area contributed by atoms with E-state index in [9.17, 15) is 4.79 Å². The normalized spacial score (nSPS) is 17.2. The van der Waals surface area contributed by atoms with Gasteiger partial charge in [0.25, 0.3) is 0 Å². The number of nitrogens with zero attached hydrogens (tertiary/aromatic N) is 1. The summed E-state index contributed by atoms with van der Waals surface area (Å²) in [7, 11) is 0. The zero-order valence-corrected chi connectivity index (χ0v) is 12.2. The van der Waals surface area contributed by atoms with Gasteiger partial charge in [-0.3, -0.25) is 4.79 Å². The van der Waals surface area contributed by atoms with E-state index < -0.39 is 0 Å². The fourth-order valence-electron chi connectivity index (χ4n) is 2.66. The predicted octanol–water partition coefficient (Wildman–Crippen LogP) is 2.14. The van der Waals surface area contributed by atoms with Crippen LogP contribution in [0.25, 0.3) is 0 Å². The number of carbonyl (C=O) groups is 1. The quantitative estimate of drug-likeness (QED) is 0.866. The fraction of sp³-hybridized carbons (Fsp3) is 0.562. The molecule has 1 aliphatic heterocycles. The molecule has 0 aromatic heterocycles. The highest BCUT2D eigenvalue weighted by Crippen LogP contribution is 2.34. The maximum atomic E-state index is 12.8. The van der Waals surface area contributed by atoms with Gasteiger partial charge >= 0.3 is 0 Å². The van der Waals surface area contributed by atoms with Crippen LogP contribution < -0.4 is 10.5 Å². The Morgan fingerprint density at radius 1 is 1.40 bits per heavy atom. The van der Waals surface area contributed by atoms with Gasteiger partial charge < -0.3 is 15.4 Å². The van der Waals surface area contributed by atoms with E-state index in [1.807, 2.05) is 29.2 Å². The number of rotatable bonds is 6. The summed E-state index contributed by atoms with van der Waals surface area (Å²) < 4.78 is 5.63. The van der Waals surface area contributed by atoms with Gasteiger partial charge in [0.1, 0.15) is 5.75 Å². The lowest BCUT2D eigenvalue weighted by Gasteiger charge is -2.30. The van der Waals surface area contributed by atoms with Gasteiger partial charge in [-0.05, 0) is 18.9 Å². The number of hydrogen-bond acceptors (Lipinski definition) is 3. The Hall–Kier alpha value is -1.55. The van der Waals surface area contributed by atoms with Crippen LogP contribution in [0.15, 0.2) is 24.3 Å². The zero-order valence-electron chi connectivity index (χ0n) is 12.2. The molecule has 4 nitrogen and oxygen atoms in total. The van der Waals surface area contributed by atoms with Gasteiger partial charge in [0.15, 0.2) is 0 Å². The minimum Gasteiger partial charge on any atom is -0.493 e. The van der Waals surface area contributed by atoms with Gasteiger partial charge in [-0.25, -0.2) is 0 Å². The molecule has 1 aromatic rings. The van der Waals surface area contributed by atoms with Crippen molar-refractivity contribution in [3.8, 4) is 5.75 Å². The van der Waals surface area contributed by atoms with E-state index in [2.05, 4.69) is 6.92 Å². The van der Waals surface area contributed by atoms with Gasteiger partial charge in [-0.2, -0.15) is 0 Å². The van der Waals surface area contributed by atoms with Gasteiger partial charge in [0.2, 0.25) is 5.91 Å².